The number of carbonyl (C=O) groups is 1. The quantitative estimate of drug-likeness (QED) is 0.608. The Morgan fingerprint density at radius 3 is 2.76 bits per heavy atom. The minimum atomic E-state index is -0.211. The molecule has 0 unspecified atom stereocenters. The summed E-state index contributed by atoms with van der Waals surface area (Å²) in [5.74, 6) is 0.310. The number of hydrogen-bond donors (Lipinski definition) is 1. The summed E-state index contributed by atoms with van der Waals surface area (Å²) in [6, 6.07) is 17.3. The number of anilines is 1. The molecule has 0 bridgehead atoms. The maximum absolute atomic E-state index is 12.7. The Hall–Kier alpha value is -3.34. The zero-order valence-electron chi connectivity index (χ0n) is 13.8. The Morgan fingerprint density at radius 2 is 2.00 bits per heavy atom. The second-order valence-corrected chi connectivity index (χ2v) is 5.94. The highest BCUT2D eigenvalue weighted by atomic mass is 16.3. The van der Waals surface area contributed by atoms with Crippen LogP contribution in [0.3, 0.4) is 0 Å². The van der Waals surface area contributed by atoms with Crippen LogP contribution in [0.4, 0.5) is 5.82 Å². The first-order valence-corrected chi connectivity index (χ1v) is 8.05. The van der Waals surface area contributed by atoms with Crippen molar-refractivity contribution in [2.45, 2.75) is 13.5 Å². The first-order valence-electron chi connectivity index (χ1n) is 8.05. The molecule has 1 amide bonds. The Morgan fingerprint density at radius 1 is 1.16 bits per heavy atom. The van der Waals surface area contributed by atoms with Crippen molar-refractivity contribution in [3.8, 4) is 0 Å². The van der Waals surface area contributed by atoms with Gasteiger partial charge >= 0.3 is 0 Å². The van der Waals surface area contributed by atoms with Gasteiger partial charge in [-0.1, -0.05) is 35.9 Å². The number of nitrogens with one attached hydrogen (secondary N) is 1. The molecule has 0 spiro atoms. The molecule has 3 aromatic heterocycles. The fourth-order valence-electron chi connectivity index (χ4n) is 2.83. The second-order valence-electron chi connectivity index (χ2n) is 5.94. The summed E-state index contributed by atoms with van der Waals surface area (Å²) >= 11 is 0. The minimum Gasteiger partial charge on any atom is -0.463 e. The number of carbonyl (C=O) groups excluding carboxylic acids is 1. The standard InChI is InChI=1S/C20H17N3O2/c1-14-5-7-15(8-6-14)13-23-16-9-11-25-18(16)12-17(23)20(24)22-19-4-2-3-10-21-19/h2-12H,13H2,1H3,(H,21,22,24). The maximum atomic E-state index is 12.7. The molecule has 0 atom stereocenters. The summed E-state index contributed by atoms with van der Waals surface area (Å²) in [5.41, 5.74) is 4.46. The van der Waals surface area contributed by atoms with E-state index in [-0.39, 0.29) is 5.91 Å². The maximum Gasteiger partial charge on any atom is 0.273 e. The van der Waals surface area contributed by atoms with Gasteiger partial charge in [0.05, 0.1) is 11.8 Å². The zero-order valence-corrected chi connectivity index (χ0v) is 13.8. The number of nitrogens with zero attached hydrogens (tertiary/aromatic N) is 2. The van der Waals surface area contributed by atoms with Crippen molar-refractivity contribution >= 4 is 22.8 Å². The summed E-state index contributed by atoms with van der Waals surface area (Å²) < 4.78 is 7.44. The Balaban J connectivity index is 1.69. The van der Waals surface area contributed by atoms with Crippen molar-refractivity contribution in [1.82, 2.24) is 9.55 Å². The van der Waals surface area contributed by atoms with Gasteiger partial charge in [-0.15, -0.1) is 0 Å². The predicted octanol–water partition coefficient (Wildman–Crippen LogP) is 4.24. The molecule has 0 saturated carbocycles. The number of rotatable bonds is 4. The lowest BCUT2D eigenvalue weighted by molar-refractivity contribution is 0.101. The molecule has 25 heavy (non-hydrogen) atoms. The van der Waals surface area contributed by atoms with Crippen molar-refractivity contribution in [1.29, 1.82) is 0 Å². The molecule has 0 radical (unpaired) electrons. The van der Waals surface area contributed by atoms with Gasteiger partial charge in [0.1, 0.15) is 11.5 Å². The van der Waals surface area contributed by atoms with Gasteiger partial charge in [-0.05, 0) is 24.6 Å². The summed E-state index contributed by atoms with van der Waals surface area (Å²) in [5, 5.41) is 2.83. The van der Waals surface area contributed by atoms with Gasteiger partial charge < -0.3 is 14.3 Å². The van der Waals surface area contributed by atoms with E-state index in [9.17, 15) is 4.79 Å². The minimum absolute atomic E-state index is 0.211. The van der Waals surface area contributed by atoms with Gasteiger partial charge in [0.15, 0.2) is 5.58 Å². The third-order valence-electron chi connectivity index (χ3n) is 4.12. The Bertz CT molecular complexity index is 1010. The first kappa shape index (κ1) is 15.2. The topological polar surface area (TPSA) is 60.1 Å². The van der Waals surface area contributed by atoms with Crippen LogP contribution in [-0.4, -0.2) is 15.5 Å². The molecule has 1 aromatic carbocycles. The van der Waals surface area contributed by atoms with E-state index in [2.05, 4.69) is 41.5 Å². The third-order valence-corrected chi connectivity index (χ3v) is 4.12. The first-order chi connectivity index (χ1) is 12.2. The number of aryl methyl sites for hydroxylation is 1. The van der Waals surface area contributed by atoms with Gasteiger partial charge in [0.25, 0.3) is 5.91 Å². The number of benzene rings is 1. The molecule has 0 aliphatic carbocycles. The molecule has 1 N–H and O–H groups in total. The van der Waals surface area contributed by atoms with Crippen LogP contribution in [0.2, 0.25) is 0 Å². The molecular formula is C20H17N3O2. The molecule has 0 aliphatic heterocycles. The molecule has 0 saturated heterocycles. The SMILES string of the molecule is Cc1ccc(Cn2c(C(=O)Nc3ccccn3)cc3occc32)cc1. The van der Waals surface area contributed by atoms with E-state index in [0.717, 1.165) is 11.1 Å². The lowest BCUT2D eigenvalue weighted by Gasteiger charge is -2.10. The fraction of sp³-hybridized carbons (Fsp3) is 0.100. The van der Waals surface area contributed by atoms with E-state index in [1.54, 1.807) is 24.6 Å². The van der Waals surface area contributed by atoms with Crippen molar-refractivity contribution in [2.75, 3.05) is 5.32 Å². The monoisotopic (exact) mass is 331 g/mol. The van der Waals surface area contributed by atoms with Crippen LogP contribution >= 0.6 is 0 Å². The number of aromatic nitrogens is 2. The lowest BCUT2D eigenvalue weighted by Crippen LogP contribution is -2.18. The summed E-state index contributed by atoms with van der Waals surface area (Å²) in [6.45, 7) is 2.65. The number of amides is 1. The van der Waals surface area contributed by atoms with Crippen LogP contribution in [0.25, 0.3) is 11.1 Å². The van der Waals surface area contributed by atoms with Gasteiger partial charge in [-0.2, -0.15) is 0 Å². The highest BCUT2D eigenvalue weighted by Gasteiger charge is 2.18. The molecule has 3 heterocycles. The Labute approximate surface area is 144 Å². The van der Waals surface area contributed by atoms with Gasteiger partial charge in [0, 0.05) is 24.9 Å². The van der Waals surface area contributed by atoms with Crippen LogP contribution < -0.4 is 5.32 Å². The molecular weight excluding hydrogens is 314 g/mol. The fourth-order valence-corrected chi connectivity index (χ4v) is 2.83. The normalized spacial score (nSPS) is 10.9. The van der Waals surface area contributed by atoms with Crippen molar-refractivity contribution in [3.63, 3.8) is 0 Å². The zero-order chi connectivity index (χ0) is 17.2. The van der Waals surface area contributed by atoms with Crippen LogP contribution in [0.15, 0.2) is 71.5 Å². The van der Waals surface area contributed by atoms with E-state index in [0.29, 0.717) is 23.6 Å². The van der Waals surface area contributed by atoms with Gasteiger partial charge in [-0.25, -0.2) is 4.98 Å². The highest BCUT2D eigenvalue weighted by molar-refractivity contribution is 6.05. The van der Waals surface area contributed by atoms with E-state index < -0.39 is 0 Å². The molecule has 5 heteroatoms. The van der Waals surface area contributed by atoms with Gasteiger partial charge in [0.2, 0.25) is 0 Å². The number of hydrogen-bond acceptors (Lipinski definition) is 3. The largest absolute Gasteiger partial charge is 0.463 e. The summed E-state index contributed by atoms with van der Waals surface area (Å²) in [7, 11) is 0. The van der Waals surface area contributed by atoms with Crippen molar-refractivity contribution in [2.24, 2.45) is 0 Å². The van der Waals surface area contributed by atoms with Crippen LogP contribution in [0, 0.1) is 6.92 Å². The van der Waals surface area contributed by atoms with Crippen molar-refractivity contribution < 1.29 is 9.21 Å². The molecule has 4 aromatic rings. The third kappa shape index (κ3) is 3.04. The molecule has 0 fully saturated rings. The number of fused-ring (bicyclic) bond motifs is 1. The average Bonchev–Trinajstić information content (AvgIpc) is 3.20. The van der Waals surface area contributed by atoms with Crippen LogP contribution in [0.1, 0.15) is 21.6 Å². The highest BCUT2D eigenvalue weighted by Crippen LogP contribution is 2.23. The number of furan rings is 1. The van der Waals surface area contributed by atoms with E-state index in [1.165, 1.54) is 5.56 Å². The molecule has 4 rings (SSSR count). The van der Waals surface area contributed by atoms with E-state index in [1.807, 2.05) is 22.8 Å². The molecule has 0 aliphatic rings. The lowest BCUT2D eigenvalue weighted by atomic mass is 10.1. The molecule has 124 valence electrons. The number of pyridine rings is 1. The van der Waals surface area contributed by atoms with E-state index in [4.69, 9.17) is 4.42 Å². The summed E-state index contributed by atoms with van der Waals surface area (Å²) in [6.07, 6.45) is 3.28. The average molecular weight is 331 g/mol. The van der Waals surface area contributed by atoms with Gasteiger partial charge in [-0.3, -0.25) is 4.79 Å². The summed E-state index contributed by atoms with van der Waals surface area (Å²) in [4.78, 5) is 16.9. The van der Waals surface area contributed by atoms with Crippen LogP contribution in [-0.2, 0) is 6.54 Å². The molecule has 5 nitrogen and oxygen atoms in total. The van der Waals surface area contributed by atoms with Crippen molar-refractivity contribution in [3.05, 3.63) is 83.9 Å². The van der Waals surface area contributed by atoms with Crippen LogP contribution in [0.5, 0.6) is 0 Å². The van der Waals surface area contributed by atoms with E-state index >= 15 is 0 Å². The second kappa shape index (κ2) is 6.28. The predicted molar refractivity (Wildman–Crippen MR) is 96.7 cm³/mol. The Kier molecular flexibility index (Phi) is 3.82. The smallest absolute Gasteiger partial charge is 0.273 e.